The van der Waals surface area contributed by atoms with E-state index in [9.17, 15) is 4.79 Å². The third kappa shape index (κ3) is 2.93. The van der Waals surface area contributed by atoms with Gasteiger partial charge in [-0.3, -0.25) is 5.10 Å². The van der Waals surface area contributed by atoms with Gasteiger partial charge >= 0.3 is 5.97 Å². The molecular weight excluding hydrogens is 280 g/mol. The molecule has 2 aromatic carbocycles. The fraction of sp³-hybridized carbons (Fsp3) is 0.176. The number of aromatic amines is 1. The molecule has 0 saturated heterocycles. The van der Waals surface area contributed by atoms with Crippen molar-refractivity contribution in [2.24, 2.45) is 0 Å². The van der Waals surface area contributed by atoms with Crippen LogP contribution in [0.4, 0.5) is 0 Å². The minimum absolute atomic E-state index is 0.280. The summed E-state index contributed by atoms with van der Waals surface area (Å²) in [6, 6.07) is 15.4. The molecule has 112 valence electrons. The van der Waals surface area contributed by atoms with Crippen LogP contribution in [0.5, 0.6) is 5.75 Å². The molecule has 0 aliphatic heterocycles. The summed E-state index contributed by atoms with van der Waals surface area (Å²) in [6.45, 7) is 2.55. The van der Waals surface area contributed by atoms with Crippen molar-refractivity contribution in [2.75, 3.05) is 6.61 Å². The highest BCUT2D eigenvalue weighted by Crippen LogP contribution is 2.23. The normalized spacial score (nSPS) is 10.6. The molecule has 1 N–H and O–H groups in total. The van der Waals surface area contributed by atoms with E-state index in [0.29, 0.717) is 24.3 Å². The van der Waals surface area contributed by atoms with E-state index in [2.05, 4.69) is 10.2 Å². The van der Waals surface area contributed by atoms with E-state index in [4.69, 9.17) is 9.47 Å². The summed E-state index contributed by atoms with van der Waals surface area (Å²) in [5, 5.41) is 7.54. The van der Waals surface area contributed by atoms with Crippen molar-refractivity contribution < 1.29 is 14.3 Å². The van der Waals surface area contributed by atoms with Crippen molar-refractivity contribution in [2.45, 2.75) is 13.5 Å². The monoisotopic (exact) mass is 296 g/mol. The Morgan fingerprint density at radius 1 is 1.18 bits per heavy atom. The van der Waals surface area contributed by atoms with E-state index < -0.39 is 5.97 Å². The number of rotatable bonds is 5. The SMILES string of the molecule is CCOC(=O)c1n[nH]c2ccc(OCc3ccccc3)cc12. The first-order valence-electron chi connectivity index (χ1n) is 7.10. The number of esters is 1. The average Bonchev–Trinajstić information content (AvgIpc) is 2.97. The van der Waals surface area contributed by atoms with Crippen molar-refractivity contribution in [1.29, 1.82) is 0 Å². The van der Waals surface area contributed by atoms with Crippen LogP contribution < -0.4 is 4.74 Å². The molecule has 3 aromatic rings. The number of ether oxygens (including phenoxy) is 2. The van der Waals surface area contributed by atoms with Crippen molar-refractivity contribution in [3.63, 3.8) is 0 Å². The number of carbonyl (C=O) groups is 1. The van der Waals surface area contributed by atoms with Gasteiger partial charge in [0.2, 0.25) is 0 Å². The first-order valence-corrected chi connectivity index (χ1v) is 7.10. The van der Waals surface area contributed by atoms with Crippen LogP contribution in [0.3, 0.4) is 0 Å². The lowest BCUT2D eigenvalue weighted by Crippen LogP contribution is -2.05. The van der Waals surface area contributed by atoms with Crippen LogP contribution >= 0.6 is 0 Å². The zero-order chi connectivity index (χ0) is 15.4. The zero-order valence-corrected chi connectivity index (χ0v) is 12.2. The Hall–Kier alpha value is -2.82. The third-order valence-electron chi connectivity index (χ3n) is 3.25. The van der Waals surface area contributed by atoms with Gasteiger partial charge in [0.15, 0.2) is 5.69 Å². The summed E-state index contributed by atoms with van der Waals surface area (Å²) in [5.41, 5.74) is 2.14. The third-order valence-corrected chi connectivity index (χ3v) is 3.25. The summed E-state index contributed by atoms with van der Waals surface area (Å²) in [7, 11) is 0. The molecule has 0 radical (unpaired) electrons. The fourth-order valence-electron chi connectivity index (χ4n) is 2.18. The quantitative estimate of drug-likeness (QED) is 0.734. The number of fused-ring (bicyclic) bond motifs is 1. The van der Waals surface area contributed by atoms with Gasteiger partial charge in [0, 0.05) is 5.39 Å². The number of benzene rings is 2. The van der Waals surface area contributed by atoms with Crippen LogP contribution in [0.15, 0.2) is 48.5 Å². The Kier molecular flexibility index (Phi) is 4.05. The van der Waals surface area contributed by atoms with Crippen molar-refractivity contribution in [3.8, 4) is 5.75 Å². The highest BCUT2D eigenvalue weighted by Gasteiger charge is 2.15. The lowest BCUT2D eigenvalue weighted by atomic mass is 10.2. The second-order valence-electron chi connectivity index (χ2n) is 4.77. The van der Waals surface area contributed by atoms with Gasteiger partial charge < -0.3 is 9.47 Å². The highest BCUT2D eigenvalue weighted by atomic mass is 16.5. The summed E-state index contributed by atoms with van der Waals surface area (Å²) in [4.78, 5) is 11.9. The summed E-state index contributed by atoms with van der Waals surface area (Å²) in [6.07, 6.45) is 0. The van der Waals surface area contributed by atoms with Crippen LogP contribution in [0.25, 0.3) is 10.9 Å². The molecule has 5 nitrogen and oxygen atoms in total. The van der Waals surface area contributed by atoms with Gasteiger partial charge in [-0.15, -0.1) is 0 Å². The van der Waals surface area contributed by atoms with Gasteiger partial charge in [-0.2, -0.15) is 5.10 Å². The Balaban J connectivity index is 1.82. The molecule has 1 heterocycles. The van der Waals surface area contributed by atoms with Crippen molar-refractivity contribution in [3.05, 3.63) is 59.8 Å². The molecule has 0 bridgehead atoms. The van der Waals surface area contributed by atoms with E-state index in [1.807, 2.05) is 42.5 Å². The largest absolute Gasteiger partial charge is 0.489 e. The maximum atomic E-state index is 11.9. The maximum absolute atomic E-state index is 11.9. The van der Waals surface area contributed by atoms with Gasteiger partial charge in [-0.05, 0) is 30.7 Å². The minimum Gasteiger partial charge on any atom is -0.489 e. The zero-order valence-electron chi connectivity index (χ0n) is 12.2. The Labute approximate surface area is 127 Å². The molecule has 3 rings (SSSR count). The molecule has 0 saturated carbocycles. The van der Waals surface area contributed by atoms with Crippen LogP contribution in [0, 0.1) is 0 Å². The molecule has 22 heavy (non-hydrogen) atoms. The van der Waals surface area contributed by atoms with Crippen LogP contribution in [-0.4, -0.2) is 22.8 Å². The lowest BCUT2D eigenvalue weighted by Gasteiger charge is -2.06. The highest BCUT2D eigenvalue weighted by molar-refractivity contribution is 6.02. The molecule has 0 aliphatic rings. The molecular formula is C17H16N2O3. The van der Waals surface area contributed by atoms with Gasteiger partial charge in [-0.1, -0.05) is 30.3 Å². The second kappa shape index (κ2) is 6.30. The van der Waals surface area contributed by atoms with E-state index in [1.165, 1.54) is 0 Å². The number of H-pyrrole nitrogens is 1. The summed E-state index contributed by atoms with van der Waals surface area (Å²) >= 11 is 0. The molecule has 0 atom stereocenters. The molecule has 1 aromatic heterocycles. The smallest absolute Gasteiger partial charge is 0.359 e. The van der Waals surface area contributed by atoms with Crippen LogP contribution in [-0.2, 0) is 11.3 Å². The minimum atomic E-state index is -0.436. The first-order chi connectivity index (χ1) is 10.8. The predicted molar refractivity (Wildman–Crippen MR) is 82.8 cm³/mol. The van der Waals surface area contributed by atoms with E-state index in [0.717, 1.165) is 11.1 Å². The number of nitrogens with one attached hydrogen (secondary N) is 1. The number of carbonyl (C=O) groups excluding carboxylic acids is 1. The molecule has 0 unspecified atom stereocenters. The maximum Gasteiger partial charge on any atom is 0.359 e. The predicted octanol–water partition coefficient (Wildman–Crippen LogP) is 3.32. The Morgan fingerprint density at radius 2 is 2.00 bits per heavy atom. The lowest BCUT2D eigenvalue weighted by molar-refractivity contribution is 0.0521. The van der Waals surface area contributed by atoms with Crippen LogP contribution in [0.2, 0.25) is 0 Å². The van der Waals surface area contributed by atoms with Gasteiger partial charge in [0.25, 0.3) is 0 Å². The van der Waals surface area contributed by atoms with Crippen molar-refractivity contribution >= 4 is 16.9 Å². The second-order valence-corrected chi connectivity index (χ2v) is 4.77. The van der Waals surface area contributed by atoms with Gasteiger partial charge in [-0.25, -0.2) is 4.79 Å². The fourth-order valence-corrected chi connectivity index (χ4v) is 2.18. The van der Waals surface area contributed by atoms with Crippen molar-refractivity contribution in [1.82, 2.24) is 10.2 Å². The Bertz CT molecular complexity index is 781. The molecule has 0 amide bonds. The topological polar surface area (TPSA) is 64.2 Å². The summed E-state index contributed by atoms with van der Waals surface area (Å²) < 4.78 is 10.8. The van der Waals surface area contributed by atoms with Gasteiger partial charge in [0.1, 0.15) is 12.4 Å². The molecule has 5 heteroatoms. The van der Waals surface area contributed by atoms with Crippen LogP contribution in [0.1, 0.15) is 23.0 Å². The molecule has 0 aliphatic carbocycles. The number of aromatic nitrogens is 2. The first kappa shape index (κ1) is 14.1. The standard InChI is InChI=1S/C17H16N2O3/c1-2-21-17(20)16-14-10-13(8-9-15(14)18-19-16)22-11-12-6-4-3-5-7-12/h3-10H,2,11H2,1H3,(H,18,19). The number of nitrogens with zero attached hydrogens (tertiary/aromatic N) is 1. The van der Waals surface area contributed by atoms with E-state index in [-0.39, 0.29) is 5.69 Å². The number of hydrogen-bond donors (Lipinski definition) is 1. The number of hydrogen-bond acceptors (Lipinski definition) is 4. The summed E-state index contributed by atoms with van der Waals surface area (Å²) in [5.74, 6) is 0.247. The average molecular weight is 296 g/mol. The van der Waals surface area contributed by atoms with E-state index in [1.54, 1.807) is 13.0 Å². The van der Waals surface area contributed by atoms with E-state index >= 15 is 0 Å². The Morgan fingerprint density at radius 3 is 2.77 bits per heavy atom. The molecule has 0 spiro atoms. The van der Waals surface area contributed by atoms with Gasteiger partial charge in [0.05, 0.1) is 12.1 Å². The molecule has 0 fully saturated rings.